The van der Waals surface area contributed by atoms with Gasteiger partial charge in [-0.3, -0.25) is 4.90 Å². The number of imidazole rings is 1. The first-order valence-corrected chi connectivity index (χ1v) is 9.27. The highest BCUT2D eigenvalue weighted by Crippen LogP contribution is 2.29. The van der Waals surface area contributed by atoms with Crippen molar-refractivity contribution in [2.24, 2.45) is 0 Å². The van der Waals surface area contributed by atoms with Gasteiger partial charge in [-0.1, -0.05) is 34.8 Å². The molecule has 0 atom stereocenters. The molecule has 9 heteroatoms. The molecule has 0 amide bonds. The molecule has 1 saturated heterocycles. The molecule has 1 fully saturated rings. The fourth-order valence-corrected chi connectivity index (χ4v) is 3.90. The van der Waals surface area contributed by atoms with Gasteiger partial charge in [0.05, 0.1) is 21.4 Å². The van der Waals surface area contributed by atoms with E-state index in [1.165, 1.54) is 0 Å². The number of piperazine rings is 1. The number of aromatic nitrogens is 2. The average Bonchev–Trinajstić information content (AvgIpc) is 2.97. The molecule has 0 aliphatic carbocycles. The standard InChI is InChI=1S/C18H17Cl3N4.2ClH/c19-13-1-3-17(16(21)9-13)24-7-5-23(6-8-24)11-15-12-25-10-14(20)2-4-18(25)22-15;;/h1-4,9-10,12H,5-8,11H2;2*1H. The summed E-state index contributed by atoms with van der Waals surface area (Å²) in [7, 11) is 0. The van der Waals surface area contributed by atoms with Gasteiger partial charge in [0.1, 0.15) is 5.65 Å². The highest BCUT2D eigenvalue weighted by atomic mass is 35.5. The molecule has 1 aromatic carbocycles. The van der Waals surface area contributed by atoms with Crippen molar-refractivity contribution in [2.75, 3.05) is 31.1 Å². The number of halogens is 5. The van der Waals surface area contributed by atoms with E-state index >= 15 is 0 Å². The van der Waals surface area contributed by atoms with E-state index in [1.807, 2.05) is 41.1 Å². The van der Waals surface area contributed by atoms with Gasteiger partial charge in [0.15, 0.2) is 0 Å². The van der Waals surface area contributed by atoms with E-state index in [4.69, 9.17) is 34.8 Å². The quantitative estimate of drug-likeness (QED) is 0.510. The highest BCUT2D eigenvalue weighted by Gasteiger charge is 2.20. The normalized spacial score (nSPS) is 14.7. The maximum atomic E-state index is 6.32. The van der Waals surface area contributed by atoms with Crippen LogP contribution in [0.2, 0.25) is 15.1 Å². The van der Waals surface area contributed by atoms with Crippen molar-refractivity contribution in [1.29, 1.82) is 0 Å². The summed E-state index contributed by atoms with van der Waals surface area (Å²) < 4.78 is 1.97. The van der Waals surface area contributed by atoms with Gasteiger partial charge < -0.3 is 9.30 Å². The Hall–Kier alpha value is -0.880. The summed E-state index contributed by atoms with van der Waals surface area (Å²) in [6.07, 6.45) is 3.93. The second-order valence-corrected chi connectivity index (χ2v) is 7.48. The van der Waals surface area contributed by atoms with E-state index < -0.39 is 0 Å². The van der Waals surface area contributed by atoms with Crippen LogP contribution >= 0.6 is 59.6 Å². The first kappa shape index (κ1) is 22.4. The first-order valence-electron chi connectivity index (χ1n) is 8.14. The third-order valence-corrected chi connectivity index (χ3v) is 5.23. The van der Waals surface area contributed by atoms with Gasteiger partial charge in [-0.2, -0.15) is 0 Å². The summed E-state index contributed by atoms with van der Waals surface area (Å²) in [4.78, 5) is 9.37. The van der Waals surface area contributed by atoms with E-state index in [9.17, 15) is 0 Å². The minimum Gasteiger partial charge on any atom is -0.368 e. The van der Waals surface area contributed by atoms with Gasteiger partial charge in [-0.15, -0.1) is 24.8 Å². The van der Waals surface area contributed by atoms with E-state index in [-0.39, 0.29) is 24.8 Å². The Balaban J connectivity index is 0.00000131. The lowest BCUT2D eigenvalue weighted by Gasteiger charge is -2.36. The average molecular weight is 469 g/mol. The van der Waals surface area contributed by atoms with Crippen molar-refractivity contribution in [3.05, 3.63) is 63.5 Å². The molecule has 0 radical (unpaired) electrons. The molecule has 27 heavy (non-hydrogen) atoms. The van der Waals surface area contributed by atoms with Crippen molar-refractivity contribution in [3.8, 4) is 0 Å². The molecule has 0 bridgehead atoms. The lowest BCUT2D eigenvalue weighted by atomic mass is 10.2. The summed E-state index contributed by atoms with van der Waals surface area (Å²) >= 11 is 18.3. The molecule has 0 spiro atoms. The summed E-state index contributed by atoms with van der Waals surface area (Å²) in [5.74, 6) is 0. The second kappa shape index (κ2) is 9.55. The Labute approximate surface area is 185 Å². The van der Waals surface area contributed by atoms with Crippen molar-refractivity contribution in [1.82, 2.24) is 14.3 Å². The first-order chi connectivity index (χ1) is 12.1. The molecule has 0 unspecified atom stereocenters. The maximum Gasteiger partial charge on any atom is 0.137 e. The van der Waals surface area contributed by atoms with Crippen molar-refractivity contribution >= 4 is 71.0 Å². The van der Waals surface area contributed by atoms with Crippen molar-refractivity contribution in [3.63, 3.8) is 0 Å². The lowest BCUT2D eigenvalue weighted by molar-refractivity contribution is 0.247. The molecule has 3 heterocycles. The van der Waals surface area contributed by atoms with Crippen LogP contribution in [0.1, 0.15) is 5.69 Å². The van der Waals surface area contributed by atoms with Crippen LogP contribution in [0.3, 0.4) is 0 Å². The number of hydrogen-bond donors (Lipinski definition) is 0. The number of benzene rings is 1. The minimum absolute atomic E-state index is 0. The zero-order valence-corrected chi connectivity index (χ0v) is 18.2. The van der Waals surface area contributed by atoms with Crippen LogP contribution in [0.15, 0.2) is 42.7 Å². The lowest BCUT2D eigenvalue weighted by Crippen LogP contribution is -2.46. The maximum absolute atomic E-state index is 6.32. The topological polar surface area (TPSA) is 23.8 Å². The Bertz CT molecular complexity index is 906. The molecular formula is C18H19Cl5N4. The number of pyridine rings is 1. The molecule has 0 saturated carbocycles. The predicted molar refractivity (Wildman–Crippen MR) is 119 cm³/mol. The van der Waals surface area contributed by atoms with Crippen LogP contribution in [0.5, 0.6) is 0 Å². The SMILES string of the molecule is Cl.Cl.Clc1ccc(N2CCN(Cc3cn4cc(Cl)ccc4n3)CC2)c(Cl)c1. The number of anilines is 1. The molecule has 3 aromatic rings. The van der Waals surface area contributed by atoms with Crippen LogP contribution < -0.4 is 4.90 Å². The fraction of sp³-hybridized carbons (Fsp3) is 0.278. The van der Waals surface area contributed by atoms with Gasteiger partial charge >= 0.3 is 0 Å². The third-order valence-electron chi connectivity index (χ3n) is 4.47. The van der Waals surface area contributed by atoms with Gasteiger partial charge in [-0.05, 0) is 30.3 Å². The summed E-state index contributed by atoms with van der Waals surface area (Å²) in [5, 5.41) is 2.09. The van der Waals surface area contributed by atoms with E-state index in [0.29, 0.717) is 15.1 Å². The monoisotopic (exact) mass is 466 g/mol. The molecule has 1 aliphatic rings. The van der Waals surface area contributed by atoms with E-state index in [2.05, 4.69) is 14.8 Å². The predicted octanol–water partition coefficient (Wildman–Crippen LogP) is 5.46. The van der Waals surface area contributed by atoms with Crippen LogP contribution in [0.4, 0.5) is 5.69 Å². The number of hydrogen-bond acceptors (Lipinski definition) is 3. The van der Waals surface area contributed by atoms with Crippen LogP contribution in [0, 0.1) is 0 Å². The number of fused-ring (bicyclic) bond motifs is 1. The number of nitrogens with zero attached hydrogens (tertiary/aromatic N) is 4. The van der Waals surface area contributed by atoms with Gasteiger partial charge in [0, 0.05) is 50.1 Å². The zero-order valence-electron chi connectivity index (χ0n) is 14.3. The van der Waals surface area contributed by atoms with Crippen LogP contribution in [0.25, 0.3) is 5.65 Å². The van der Waals surface area contributed by atoms with Gasteiger partial charge in [0.2, 0.25) is 0 Å². The van der Waals surface area contributed by atoms with E-state index in [0.717, 1.165) is 49.8 Å². The Kier molecular flexibility index (Phi) is 7.93. The molecule has 146 valence electrons. The van der Waals surface area contributed by atoms with Gasteiger partial charge in [-0.25, -0.2) is 4.98 Å². The van der Waals surface area contributed by atoms with Crippen molar-refractivity contribution < 1.29 is 0 Å². The summed E-state index contributed by atoms with van der Waals surface area (Å²) in [5.41, 5.74) is 3.03. The molecule has 2 aromatic heterocycles. The molecule has 0 N–H and O–H groups in total. The molecule has 1 aliphatic heterocycles. The Morgan fingerprint density at radius 1 is 0.852 bits per heavy atom. The molecular weight excluding hydrogens is 449 g/mol. The summed E-state index contributed by atoms with van der Waals surface area (Å²) in [6, 6.07) is 9.48. The van der Waals surface area contributed by atoms with Gasteiger partial charge in [0.25, 0.3) is 0 Å². The second-order valence-electron chi connectivity index (χ2n) is 6.20. The summed E-state index contributed by atoms with van der Waals surface area (Å²) in [6.45, 7) is 4.63. The van der Waals surface area contributed by atoms with E-state index in [1.54, 1.807) is 6.07 Å². The van der Waals surface area contributed by atoms with Crippen LogP contribution in [-0.2, 0) is 6.54 Å². The smallest absolute Gasteiger partial charge is 0.137 e. The molecule has 4 rings (SSSR count). The third kappa shape index (κ3) is 5.14. The largest absolute Gasteiger partial charge is 0.368 e. The minimum atomic E-state index is 0. The zero-order chi connectivity index (χ0) is 17.4. The van der Waals surface area contributed by atoms with Crippen LogP contribution in [-0.4, -0.2) is 40.5 Å². The fourth-order valence-electron chi connectivity index (χ4n) is 3.21. The van der Waals surface area contributed by atoms with Crippen molar-refractivity contribution in [2.45, 2.75) is 6.54 Å². The highest BCUT2D eigenvalue weighted by molar-refractivity contribution is 6.36. The Morgan fingerprint density at radius 2 is 1.56 bits per heavy atom. The molecule has 4 nitrogen and oxygen atoms in total. The Morgan fingerprint density at radius 3 is 2.26 bits per heavy atom. The number of rotatable bonds is 3.